The number of esters is 1. The molecule has 0 aromatic heterocycles. The Morgan fingerprint density at radius 2 is 1.08 bits per heavy atom. The second-order valence-corrected chi connectivity index (χ2v) is 7.50. The summed E-state index contributed by atoms with van der Waals surface area (Å²) in [6.45, 7) is 0.596. The second kappa shape index (κ2) is 10.4. The molecule has 21 heteroatoms. The summed E-state index contributed by atoms with van der Waals surface area (Å²) in [6.07, 6.45) is -38.4. The molecule has 0 rings (SSSR count). The number of carbonyl (C=O) groups is 1. The minimum absolute atomic E-state index is 0.239. The van der Waals surface area contributed by atoms with Crippen molar-refractivity contribution in [1.82, 2.24) is 0 Å². The van der Waals surface area contributed by atoms with Gasteiger partial charge in [-0.2, -0.15) is 74.6 Å². The van der Waals surface area contributed by atoms with Crippen molar-refractivity contribution in [3.63, 3.8) is 0 Å². The van der Waals surface area contributed by atoms with E-state index >= 15 is 0 Å². The Bertz CT molecular complexity index is 788. The van der Waals surface area contributed by atoms with E-state index in [1.54, 1.807) is 0 Å². The molecule has 0 amide bonds. The highest BCUT2D eigenvalue weighted by Crippen LogP contribution is 2.56. The number of carbonyl (C=O) groups excluding carboxylic acids is 1. The molecule has 0 aromatic rings. The van der Waals surface area contributed by atoms with Gasteiger partial charge in [0.2, 0.25) is 0 Å². The maximum absolute atomic E-state index is 14.3. The van der Waals surface area contributed by atoms with Gasteiger partial charge >= 0.3 is 54.3 Å². The molecule has 0 radical (unpaired) electrons. The highest BCUT2D eigenvalue weighted by molar-refractivity contribution is 5.72. The van der Waals surface area contributed by atoms with Gasteiger partial charge in [0.05, 0.1) is 5.92 Å². The fraction of sp³-hybridized carbons (Fsp3) is 0.938. The van der Waals surface area contributed by atoms with Crippen LogP contribution in [0.4, 0.5) is 74.6 Å². The summed E-state index contributed by atoms with van der Waals surface area (Å²) < 4.78 is 229. The van der Waals surface area contributed by atoms with Crippen LogP contribution in [0, 0.1) is 11.8 Å². The minimum atomic E-state index is -7.98. The Balaban J connectivity index is 6.55. The lowest BCUT2D eigenvalue weighted by atomic mass is 9.93. The lowest BCUT2D eigenvalue weighted by Crippen LogP contribution is -2.67. The molecule has 3 atom stereocenters. The van der Waals surface area contributed by atoms with Crippen molar-refractivity contribution in [3.8, 4) is 0 Å². The van der Waals surface area contributed by atoms with Crippen LogP contribution in [-0.2, 0) is 19.0 Å². The van der Waals surface area contributed by atoms with Crippen LogP contribution in [0.3, 0.4) is 0 Å². The molecular weight excluding hydrogens is 579 g/mol. The molecule has 222 valence electrons. The second-order valence-electron chi connectivity index (χ2n) is 7.50. The van der Waals surface area contributed by atoms with E-state index in [2.05, 4.69) is 9.47 Å². The normalized spacial score (nSPS) is 18.8. The van der Waals surface area contributed by atoms with Crippen LogP contribution in [-0.4, -0.2) is 61.0 Å². The Morgan fingerprint density at radius 3 is 1.38 bits per heavy atom. The summed E-state index contributed by atoms with van der Waals surface area (Å²) >= 11 is 0. The molecule has 0 aliphatic carbocycles. The minimum Gasteiger partial charge on any atom is -0.459 e. The first-order chi connectivity index (χ1) is 15.9. The summed E-state index contributed by atoms with van der Waals surface area (Å²) in [7, 11) is 0. The lowest BCUT2D eigenvalue weighted by molar-refractivity contribution is -0.552. The van der Waals surface area contributed by atoms with Gasteiger partial charge in [-0.3, -0.25) is 14.3 Å². The Morgan fingerprint density at radius 1 is 0.649 bits per heavy atom. The Labute approximate surface area is 195 Å². The van der Waals surface area contributed by atoms with E-state index in [9.17, 15) is 79.4 Å². The van der Waals surface area contributed by atoms with Gasteiger partial charge in [0.15, 0.2) is 6.61 Å². The summed E-state index contributed by atoms with van der Waals surface area (Å²) in [4.78, 5) is 11.7. The molecule has 0 bridgehead atoms. The molecule has 0 saturated heterocycles. The SMILES string of the molecule is CCC(C(=O)OCC(F)(OC(F)(F)C(F)(OC(F)(F)C(F)(F)C(F)(F)F)C(F)(F)F)C(F)(F)F)C(C)C. The van der Waals surface area contributed by atoms with E-state index in [0.717, 1.165) is 0 Å². The quantitative estimate of drug-likeness (QED) is 0.190. The summed E-state index contributed by atoms with van der Waals surface area (Å²) in [6, 6.07) is 0. The van der Waals surface area contributed by atoms with Crippen LogP contribution in [0.2, 0.25) is 0 Å². The van der Waals surface area contributed by atoms with Gasteiger partial charge < -0.3 is 4.74 Å². The molecule has 0 aliphatic heterocycles. The van der Waals surface area contributed by atoms with Crippen molar-refractivity contribution in [3.05, 3.63) is 0 Å². The molecular formula is C16H15F17O4. The number of ether oxygens (including phenoxy) is 3. The van der Waals surface area contributed by atoms with Gasteiger partial charge in [0.25, 0.3) is 0 Å². The standard InChI is InChI=1S/C16H15F17O4/c1-4-7(6(2)3)8(34)35-5-9(17,12(21,22)23)36-16(32,33)11(20,14(27,28)29)37-15(30,31)10(18,19)13(24,25)26/h6-7H,4-5H2,1-3H3. The maximum Gasteiger partial charge on any atom is 0.462 e. The molecule has 4 nitrogen and oxygen atoms in total. The number of hydrogen-bond acceptors (Lipinski definition) is 4. The van der Waals surface area contributed by atoms with E-state index in [-0.39, 0.29) is 6.42 Å². The summed E-state index contributed by atoms with van der Waals surface area (Å²) in [5.41, 5.74) is 0. The first-order valence-corrected chi connectivity index (χ1v) is 9.22. The zero-order valence-electron chi connectivity index (χ0n) is 18.1. The van der Waals surface area contributed by atoms with Crippen LogP contribution >= 0.6 is 0 Å². The van der Waals surface area contributed by atoms with Crippen molar-refractivity contribution >= 4 is 5.97 Å². The highest BCUT2D eigenvalue weighted by Gasteiger charge is 2.85. The van der Waals surface area contributed by atoms with E-state index in [1.165, 1.54) is 25.5 Å². The van der Waals surface area contributed by atoms with Gasteiger partial charge in [-0.05, 0) is 12.3 Å². The molecule has 0 saturated carbocycles. The van der Waals surface area contributed by atoms with Gasteiger partial charge in [-0.15, -0.1) is 0 Å². The molecule has 37 heavy (non-hydrogen) atoms. The smallest absolute Gasteiger partial charge is 0.459 e. The lowest BCUT2D eigenvalue weighted by Gasteiger charge is -2.40. The first kappa shape index (κ1) is 35.2. The third kappa shape index (κ3) is 6.99. The summed E-state index contributed by atoms with van der Waals surface area (Å²) in [5, 5.41) is 0. The van der Waals surface area contributed by atoms with Crippen LogP contribution < -0.4 is 0 Å². The third-order valence-electron chi connectivity index (χ3n) is 4.39. The van der Waals surface area contributed by atoms with Crippen LogP contribution in [0.1, 0.15) is 27.2 Å². The molecule has 0 spiro atoms. The molecule has 0 heterocycles. The molecule has 0 aromatic carbocycles. The van der Waals surface area contributed by atoms with Gasteiger partial charge in [0, 0.05) is 0 Å². The van der Waals surface area contributed by atoms with Gasteiger partial charge in [-0.25, -0.2) is 0 Å². The molecule has 3 unspecified atom stereocenters. The third-order valence-corrected chi connectivity index (χ3v) is 4.39. The average Bonchev–Trinajstić information content (AvgIpc) is 2.62. The zero-order chi connectivity index (χ0) is 30.3. The van der Waals surface area contributed by atoms with E-state index in [1.807, 2.05) is 0 Å². The van der Waals surface area contributed by atoms with E-state index in [4.69, 9.17) is 0 Å². The molecule has 0 aliphatic rings. The fourth-order valence-electron chi connectivity index (χ4n) is 2.31. The number of hydrogen-bond donors (Lipinski definition) is 0. The largest absolute Gasteiger partial charge is 0.462 e. The predicted octanol–water partition coefficient (Wildman–Crippen LogP) is 7.08. The van der Waals surface area contributed by atoms with Gasteiger partial charge in [0.1, 0.15) is 0 Å². The Kier molecular flexibility index (Phi) is 9.90. The number of halogens is 17. The topological polar surface area (TPSA) is 44.8 Å². The van der Waals surface area contributed by atoms with Crippen molar-refractivity contribution in [2.75, 3.05) is 6.61 Å². The monoisotopic (exact) mass is 594 g/mol. The fourth-order valence-corrected chi connectivity index (χ4v) is 2.31. The van der Waals surface area contributed by atoms with Crippen molar-refractivity contribution in [2.24, 2.45) is 11.8 Å². The highest BCUT2D eigenvalue weighted by atomic mass is 19.4. The van der Waals surface area contributed by atoms with Crippen molar-refractivity contribution < 1.29 is 93.6 Å². The van der Waals surface area contributed by atoms with E-state index in [0.29, 0.717) is 0 Å². The summed E-state index contributed by atoms with van der Waals surface area (Å²) in [5.74, 6) is -26.1. The zero-order valence-corrected chi connectivity index (χ0v) is 18.1. The van der Waals surface area contributed by atoms with E-state index < -0.39 is 72.8 Å². The number of alkyl halides is 17. The van der Waals surface area contributed by atoms with Gasteiger partial charge in [-0.1, -0.05) is 20.8 Å². The average molecular weight is 594 g/mol. The maximum atomic E-state index is 14.3. The molecule has 0 N–H and O–H groups in total. The Hall–Kier alpha value is -1.80. The van der Waals surface area contributed by atoms with Crippen LogP contribution in [0.5, 0.6) is 0 Å². The first-order valence-electron chi connectivity index (χ1n) is 9.22. The van der Waals surface area contributed by atoms with Crippen LogP contribution in [0.25, 0.3) is 0 Å². The predicted molar refractivity (Wildman–Crippen MR) is 82.4 cm³/mol. The van der Waals surface area contributed by atoms with Crippen molar-refractivity contribution in [1.29, 1.82) is 0 Å². The number of rotatable bonds is 11. The van der Waals surface area contributed by atoms with Crippen LogP contribution in [0.15, 0.2) is 0 Å². The molecule has 0 fully saturated rings. The van der Waals surface area contributed by atoms with Crippen molar-refractivity contribution in [2.45, 2.75) is 75.6 Å².